The highest BCUT2D eigenvalue weighted by molar-refractivity contribution is 7.89. The minimum atomic E-state index is -3.42. The van der Waals surface area contributed by atoms with Crippen LogP contribution in [0.5, 0.6) is 0 Å². The molecular formula is C18H23NO2S2. The number of thiophene rings is 1. The zero-order valence-corrected chi connectivity index (χ0v) is 15.2. The third-order valence-electron chi connectivity index (χ3n) is 4.25. The molecule has 0 N–H and O–H groups in total. The van der Waals surface area contributed by atoms with Crippen molar-refractivity contribution < 1.29 is 8.42 Å². The van der Waals surface area contributed by atoms with E-state index in [2.05, 4.69) is 13.8 Å². The summed E-state index contributed by atoms with van der Waals surface area (Å²) in [5, 5.41) is 2.01. The largest absolute Gasteiger partial charge is 0.243 e. The standard InChI is InChI=1S/C18H23NO2S2/c1-14(2)13-15-7-9-16(10-8-15)23(20,21)19-11-3-5-17(19)18-6-4-12-22-18/h4,6-10,12,14,17H,3,5,11,13H2,1-2H3/t17-/m0/s1. The van der Waals surface area contributed by atoms with E-state index in [1.165, 1.54) is 5.56 Å². The van der Waals surface area contributed by atoms with E-state index >= 15 is 0 Å². The Morgan fingerprint density at radius 2 is 1.96 bits per heavy atom. The molecule has 0 unspecified atom stereocenters. The zero-order valence-electron chi connectivity index (χ0n) is 13.6. The molecule has 2 heterocycles. The maximum atomic E-state index is 13.0. The van der Waals surface area contributed by atoms with Crippen LogP contribution in [-0.2, 0) is 16.4 Å². The molecule has 0 saturated carbocycles. The predicted molar refractivity (Wildman–Crippen MR) is 95.2 cm³/mol. The lowest BCUT2D eigenvalue weighted by Gasteiger charge is -2.23. The third-order valence-corrected chi connectivity index (χ3v) is 7.15. The average molecular weight is 350 g/mol. The Balaban J connectivity index is 1.86. The van der Waals surface area contributed by atoms with Gasteiger partial charge in [0.15, 0.2) is 0 Å². The molecule has 0 amide bonds. The van der Waals surface area contributed by atoms with Crippen molar-refractivity contribution in [2.24, 2.45) is 5.92 Å². The first-order chi connectivity index (χ1) is 11.0. The Morgan fingerprint density at radius 1 is 1.22 bits per heavy atom. The molecule has 3 nitrogen and oxygen atoms in total. The second-order valence-corrected chi connectivity index (χ2v) is 9.40. The maximum Gasteiger partial charge on any atom is 0.243 e. The first kappa shape index (κ1) is 16.7. The van der Waals surface area contributed by atoms with Gasteiger partial charge in [0.1, 0.15) is 0 Å². The summed E-state index contributed by atoms with van der Waals surface area (Å²) < 4.78 is 27.7. The van der Waals surface area contributed by atoms with Crippen LogP contribution in [0.2, 0.25) is 0 Å². The van der Waals surface area contributed by atoms with E-state index in [0.29, 0.717) is 17.4 Å². The van der Waals surface area contributed by atoms with E-state index in [-0.39, 0.29) is 6.04 Å². The highest BCUT2D eigenvalue weighted by Gasteiger charge is 2.36. The molecule has 124 valence electrons. The third kappa shape index (κ3) is 3.52. The summed E-state index contributed by atoms with van der Waals surface area (Å²) in [6, 6.07) is 11.4. The minimum Gasteiger partial charge on any atom is -0.207 e. The summed E-state index contributed by atoms with van der Waals surface area (Å²) in [5.41, 5.74) is 1.19. The summed E-state index contributed by atoms with van der Waals surface area (Å²) >= 11 is 1.64. The van der Waals surface area contributed by atoms with Crippen molar-refractivity contribution in [1.29, 1.82) is 0 Å². The Kier molecular flexibility index (Phi) is 4.90. The van der Waals surface area contributed by atoms with Gasteiger partial charge in [-0.1, -0.05) is 32.0 Å². The minimum absolute atomic E-state index is 0.00431. The zero-order chi connectivity index (χ0) is 16.4. The Labute approximate surface area is 143 Å². The molecule has 3 rings (SSSR count). The van der Waals surface area contributed by atoms with Gasteiger partial charge in [-0.2, -0.15) is 4.31 Å². The van der Waals surface area contributed by atoms with E-state index in [0.717, 1.165) is 24.1 Å². The maximum absolute atomic E-state index is 13.0. The molecule has 1 aromatic carbocycles. The molecule has 1 aliphatic heterocycles. The van der Waals surface area contributed by atoms with E-state index in [1.807, 2.05) is 29.6 Å². The van der Waals surface area contributed by atoms with Crippen molar-refractivity contribution in [2.75, 3.05) is 6.54 Å². The van der Waals surface area contributed by atoms with Gasteiger partial charge in [-0.05, 0) is 54.3 Å². The lowest BCUT2D eigenvalue weighted by atomic mass is 10.0. The summed E-state index contributed by atoms with van der Waals surface area (Å²) in [6.07, 6.45) is 2.81. The Bertz CT molecular complexity index is 734. The van der Waals surface area contributed by atoms with Crippen molar-refractivity contribution in [3.05, 3.63) is 52.2 Å². The number of sulfonamides is 1. The number of hydrogen-bond donors (Lipinski definition) is 0. The van der Waals surface area contributed by atoms with Crippen LogP contribution in [0, 0.1) is 5.92 Å². The molecule has 1 atom stereocenters. The smallest absolute Gasteiger partial charge is 0.207 e. The topological polar surface area (TPSA) is 37.4 Å². The Hall–Kier alpha value is -1.17. The van der Waals surface area contributed by atoms with Crippen LogP contribution in [0.3, 0.4) is 0 Å². The quantitative estimate of drug-likeness (QED) is 0.798. The molecule has 5 heteroatoms. The second kappa shape index (κ2) is 6.75. The van der Waals surface area contributed by atoms with Gasteiger partial charge in [-0.3, -0.25) is 0 Å². The van der Waals surface area contributed by atoms with Crippen LogP contribution in [0.1, 0.15) is 43.2 Å². The molecule has 1 fully saturated rings. The SMILES string of the molecule is CC(C)Cc1ccc(S(=O)(=O)N2CCC[C@H]2c2cccs2)cc1. The van der Waals surface area contributed by atoms with E-state index < -0.39 is 10.0 Å². The molecule has 1 aromatic heterocycles. The molecule has 0 bridgehead atoms. The van der Waals surface area contributed by atoms with Crippen molar-refractivity contribution in [2.45, 2.75) is 44.0 Å². The van der Waals surface area contributed by atoms with Gasteiger partial charge in [0.2, 0.25) is 10.0 Å². The normalized spacial score (nSPS) is 19.5. The lowest BCUT2D eigenvalue weighted by Crippen LogP contribution is -2.30. The summed E-state index contributed by atoms with van der Waals surface area (Å²) in [6.45, 7) is 4.94. The first-order valence-electron chi connectivity index (χ1n) is 8.12. The molecule has 0 radical (unpaired) electrons. The highest BCUT2D eigenvalue weighted by Crippen LogP contribution is 2.38. The lowest BCUT2D eigenvalue weighted by molar-refractivity contribution is 0.401. The number of rotatable bonds is 5. The highest BCUT2D eigenvalue weighted by atomic mass is 32.2. The Morgan fingerprint density at radius 3 is 2.57 bits per heavy atom. The molecule has 1 saturated heterocycles. The van der Waals surface area contributed by atoms with Gasteiger partial charge in [-0.15, -0.1) is 11.3 Å². The van der Waals surface area contributed by atoms with E-state index in [1.54, 1.807) is 27.8 Å². The van der Waals surface area contributed by atoms with Gasteiger partial charge in [0, 0.05) is 11.4 Å². The molecule has 2 aromatic rings. The fraction of sp³-hybridized carbons (Fsp3) is 0.444. The average Bonchev–Trinajstić information content (AvgIpc) is 3.18. The number of nitrogens with zero attached hydrogens (tertiary/aromatic N) is 1. The van der Waals surface area contributed by atoms with Gasteiger partial charge >= 0.3 is 0 Å². The van der Waals surface area contributed by atoms with Crippen LogP contribution in [0.15, 0.2) is 46.7 Å². The predicted octanol–water partition coefficient (Wildman–Crippen LogP) is 4.47. The van der Waals surface area contributed by atoms with Crippen molar-refractivity contribution in [1.82, 2.24) is 4.31 Å². The number of benzene rings is 1. The van der Waals surface area contributed by atoms with Gasteiger partial charge in [0.05, 0.1) is 10.9 Å². The monoisotopic (exact) mass is 349 g/mol. The van der Waals surface area contributed by atoms with E-state index in [9.17, 15) is 8.42 Å². The summed E-state index contributed by atoms with van der Waals surface area (Å²) in [7, 11) is -3.42. The van der Waals surface area contributed by atoms with Gasteiger partial charge in [-0.25, -0.2) is 8.42 Å². The van der Waals surface area contributed by atoms with Crippen LogP contribution in [-0.4, -0.2) is 19.3 Å². The summed E-state index contributed by atoms with van der Waals surface area (Å²) in [5.74, 6) is 0.569. The molecular weight excluding hydrogens is 326 g/mol. The molecule has 1 aliphatic rings. The van der Waals surface area contributed by atoms with Crippen LogP contribution in [0.4, 0.5) is 0 Å². The van der Waals surface area contributed by atoms with Gasteiger partial charge in [0.25, 0.3) is 0 Å². The fourth-order valence-corrected chi connectivity index (χ4v) is 5.81. The molecule has 23 heavy (non-hydrogen) atoms. The van der Waals surface area contributed by atoms with Gasteiger partial charge < -0.3 is 0 Å². The van der Waals surface area contributed by atoms with Crippen molar-refractivity contribution in [3.63, 3.8) is 0 Å². The van der Waals surface area contributed by atoms with Crippen LogP contribution in [0.25, 0.3) is 0 Å². The fourth-order valence-electron chi connectivity index (χ4n) is 3.20. The first-order valence-corrected chi connectivity index (χ1v) is 10.4. The number of hydrogen-bond acceptors (Lipinski definition) is 3. The van der Waals surface area contributed by atoms with E-state index in [4.69, 9.17) is 0 Å². The van der Waals surface area contributed by atoms with Crippen molar-refractivity contribution >= 4 is 21.4 Å². The van der Waals surface area contributed by atoms with Crippen molar-refractivity contribution in [3.8, 4) is 0 Å². The summed E-state index contributed by atoms with van der Waals surface area (Å²) in [4.78, 5) is 1.55. The van der Waals surface area contributed by atoms with Crippen LogP contribution >= 0.6 is 11.3 Å². The second-order valence-electron chi connectivity index (χ2n) is 6.53. The molecule has 0 spiro atoms. The molecule has 0 aliphatic carbocycles. The van der Waals surface area contributed by atoms with Crippen LogP contribution < -0.4 is 0 Å².